The van der Waals surface area contributed by atoms with E-state index in [1.165, 1.54) is 36.1 Å². The highest BCUT2D eigenvalue weighted by molar-refractivity contribution is 5.91. The fraction of sp³-hybridized carbons (Fsp3) is 0.238. The molecule has 4 rings (SSSR count). The molecule has 0 radical (unpaired) electrons. The van der Waals surface area contributed by atoms with Crippen molar-refractivity contribution in [2.75, 3.05) is 5.32 Å². The Balaban J connectivity index is 1.53. The summed E-state index contributed by atoms with van der Waals surface area (Å²) < 4.78 is 69.0. The molecule has 3 heterocycles. The number of aryl methyl sites for hydroxylation is 1. The predicted molar refractivity (Wildman–Crippen MR) is 109 cm³/mol. The van der Waals surface area contributed by atoms with Gasteiger partial charge in [-0.25, -0.2) is 31.6 Å². The van der Waals surface area contributed by atoms with Crippen LogP contribution in [0.2, 0.25) is 0 Å². The summed E-state index contributed by atoms with van der Waals surface area (Å²) in [6.45, 7) is 1.26. The normalized spacial score (nSPS) is 11.6. The van der Waals surface area contributed by atoms with E-state index in [4.69, 9.17) is 0 Å². The highest BCUT2D eigenvalue weighted by atomic mass is 19.3. The minimum Gasteiger partial charge on any atom is -0.322 e. The van der Waals surface area contributed by atoms with Crippen LogP contribution >= 0.6 is 0 Å². The molecule has 1 aromatic carbocycles. The average molecular weight is 464 g/mol. The molecular formula is C21H17F5N6O. The first-order valence-electron chi connectivity index (χ1n) is 9.72. The van der Waals surface area contributed by atoms with E-state index in [-0.39, 0.29) is 29.1 Å². The Kier molecular flexibility index (Phi) is 6.07. The van der Waals surface area contributed by atoms with Crippen molar-refractivity contribution >= 4 is 22.6 Å². The van der Waals surface area contributed by atoms with Gasteiger partial charge in [0.05, 0.1) is 29.5 Å². The lowest BCUT2D eigenvalue weighted by molar-refractivity contribution is -0.116. The number of hydrogen-bond donors (Lipinski definition) is 1. The largest absolute Gasteiger partial charge is 0.322 e. The summed E-state index contributed by atoms with van der Waals surface area (Å²) in [7, 11) is 0. The quantitative estimate of drug-likeness (QED) is 0.405. The van der Waals surface area contributed by atoms with Gasteiger partial charge in [-0.15, -0.1) is 0 Å². The van der Waals surface area contributed by atoms with Crippen LogP contribution in [0.3, 0.4) is 0 Å². The zero-order chi connectivity index (χ0) is 23.7. The molecule has 0 saturated heterocycles. The summed E-state index contributed by atoms with van der Waals surface area (Å²) in [4.78, 5) is 16.2. The number of aromatic nitrogens is 5. The van der Waals surface area contributed by atoms with Gasteiger partial charge in [-0.05, 0) is 30.7 Å². The van der Waals surface area contributed by atoms with Gasteiger partial charge in [0.25, 0.3) is 12.9 Å². The van der Waals surface area contributed by atoms with Crippen molar-refractivity contribution in [2.24, 2.45) is 0 Å². The fourth-order valence-corrected chi connectivity index (χ4v) is 3.47. The van der Waals surface area contributed by atoms with Crippen molar-refractivity contribution in [3.63, 3.8) is 0 Å². The van der Waals surface area contributed by atoms with Gasteiger partial charge in [-0.2, -0.15) is 10.2 Å². The van der Waals surface area contributed by atoms with E-state index in [0.29, 0.717) is 17.3 Å². The van der Waals surface area contributed by atoms with Gasteiger partial charge < -0.3 is 5.32 Å². The third-order valence-electron chi connectivity index (χ3n) is 4.83. The minimum atomic E-state index is -3.06. The lowest BCUT2D eigenvalue weighted by Gasteiger charge is -2.08. The van der Waals surface area contributed by atoms with Crippen LogP contribution in [-0.4, -0.2) is 30.5 Å². The van der Waals surface area contributed by atoms with Crippen molar-refractivity contribution in [3.05, 3.63) is 71.1 Å². The fourth-order valence-electron chi connectivity index (χ4n) is 3.47. The smallest absolute Gasteiger partial charge is 0.280 e. The van der Waals surface area contributed by atoms with Gasteiger partial charge >= 0.3 is 0 Å². The van der Waals surface area contributed by atoms with Crippen LogP contribution in [0, 0.1) is 12.7 Å². The number of hydrogen-bond acceptors (Lipinski definition) is 4. The number of alkyl halides is 4. The Bertz CT molecular complexity index is 1320. The molecule has 172 valence electrons. The number of rotatable bonds is 7. The van der Waals surface area contributed by atoms with Crippen LogP contribution < -0.4 is 5.32 Å². The first-order chi connectivity index (χ1) is 15.7. The van der Waals surface area contributed by atoms with Crippen LogP contribution in [0.4, 0.5) is 27.6 Å². The molecule has 1 N–H and O–H groups in total. The van der Waals surface area contributed by atoms with Crippen LogP contribution in [0.5, 0.6) is 0 Å². The van der Waals surface area contributed by atoms with Crippen LogP contribution in [0.1, 0.15) is 35.4 Å². The molecule has 33 heavy (non-hydrogen) atoms. The number of nitrogens with zero attached hydrogens (tertiary/aromatic N) is 5. The Morgan fingerprint density at radius 3 is 2.64 bits per heavy atom. The predicted octanol–water partition coefficient (Wildman–Crippen LogP) is 4.64. The molecule has 12 heteroatoms. The average Bonchev–Trinajstić information content (AvgIpc) is 3.31. The third kappa shape index (κ3) is 4.83. The monoisotopic (exact) mass is 464 g/mol. The summed E-state index contributed by atoms with van der Waals surface area (Å²) >= 11 is 0. The Morgan fingerprint density at radius 2 is 1.94 bits per heavy atom. The van der Waals surface area contributed by atoms with Crippen molar-refractivity contribution in [3.8, 4) is 0 Å². The Morgan fingerprint density at radius 1 is 1.15 bits per heavy atom. The zero-order valence-corrected chi connectivity index (χ0v) is 17.1. The van der Waals surface area contributed by atoms with E-state index in [2.05, 4.69) is 20.5 Å². The molecule has 0 aliphatic carbocycles. The van der Waals surface area contributed by atoms with Gasteiger partial charge in [-0.3, -0.25) is 9.48 Å². The van der Waals surface area contributed by atoms with Crippen LogP contribution in [-0.2, 0) is 17.9 Å². The number of halogens is 5. The second-order valence-corrected chi connectivity index (χ2v) is 7.28. The topological polar surface area (TPSA) is 77.6 Å². The molecule has 0 aliphatic rings. The number of carbonyl (C=O) groups excluding carboxylic acids is 1. The summed E-state index contributed by atoms with van der Waals surface area (Å²) in [6, 6.07) is 6.63. The molecule has 0 saturated carbocycles. The summed E-state index contributed by atoms with van der Waals surface area (Å²) in [5.41, 5.74) is -0.512. The van der Waals surface area contributed by atoms with E-state index in [0.717, 1.165) is 4.68 Å². The molecule has 3 aromatic heterocycles. The molecule has 0 unspecified atom stereocenters. The molecule has 7 nitrogen and oxygen atoms in total. The second kappa shape index (κ2) is 8.96. The number of benzene rings is 1. The van der Waals surface area contributed by atoms with Crippen molar-refractivity contribution in [1.29, 1.82) is 0 Å². The van der Waals surface area contributed by atoms with E-state index in [1.54, 1.807) is 12.1 Å². The number of anilines is 1. The van der Waals surface area contributed by atoms with Crippen LogP contribution in [0.15, 0.2) is 42.7 Å². The standard InChI is InChI=1S/C21H17F5N6O/c1-11-18-15(19(23)24)6-16(20(25)26)29-21(18)32(30-11)10-17(33)28-14-7-27-31(9-14)8-12-3-2-4-13(22)5-12/h2-7,9,19-20H,8,10H2,1H3,(H,28,33). The van der Waals surface area contributed by atoms with E-state index < -0.39 is 36.6 Å². The number of nitrogens with one attached hydrogen (secondary N) is 1. The molecule has 0 aliphatic heterocycles. The van der Waals surface area contributed by atoms with E-state index in [9.17, 15) is 26.7 Å². The van der Waals surface area contributed by atoms with Crippen molar-refractivity contribution in [1.82, 2.24) is 24.5 Å². The third-order valence-corrected chi connectivity index (χ3v) is 4.83. The number of amides is 1. The summed E-state index contributed by atoms with van der Waals surface area (Å²) in [5.74, 6) is -0.971. The number of carbonyl (C=O) groups is 1. The number of pyridine rings is 1. The molecule has 0 bridgehead atoms. The first-order valence-corrected chi connectivity index (χ1v) is 9.72. The van der Waals surface area contributed by atoms with Crippen molar-refractivity contribution < 1.29 is 26.7 Å². The lowest BCUT2D eigenvalue weighted by Crippen LogP contribution is -2.19. The number of fused-ring (bicyclic) bond motifs is 1. The van der Waals surface area contributed by atoms with E-state index >= 15 is 0 Å². The second-order valence-electron chi connectivity index (χ2n) is 7.28. The molecular weight excluding hydrogens is 447 g/mol. The maximum absolute atomic E-state index is 13.4. The molecule has 0 fully saturated rings. The molecule has 0 atom stereocenters. The molecule has 1 amide bonds. The summed E-state index contributed by atoms with van der Waals surface area (Å²) in [6.07, 6.45) is -3.17. The Hall–Kier alpha value is -3.83. The highest BCUT2D eigenvalue weighted by Crippen LogP contribution is 2.32. The van der Waals surface area contributed by atoms with Gasteiger partial charge in [0.1, 0.15) is 18.1 Å². The maximum Gasteiger partial charge on any atom is 0.280 e. The van der Waals surface area contributed by atoms with Gasteiger partial charge in [0.15, 0.2) is 5.65 Å². The Labute approximate surface area is 183 Å². The van der Waals surface area contributed by atoms with Gasteiger partial charge in [0.2, 0.25) is 5.91 Å². The van der Waals surface area contributed by atoms with Gasteiger partial charge in [0, 0.05) is 11.8 Å². The highest BCUT2D eigenvalue weighted by Gasteiger charge is 2.24. The SMILES string of the molecule is Cc1nn(CC(=O)Nc2cnn(Cc3cccc(F)c3)c2)c2nc(C(F)F)cc(C(F)F)c12. The summed E-state index contributed by atoms with van der Waals surface area (Å²) in [5, 5.41) is 10.6. The zero-order valence-electron chi connectivity index (χ0n) is 17.1. The van der Waals surface area contributed by atoms with Crippen molar-refractivity contribution in [2.45, 2.75) is 32.9 Å². The van der Waals surface area contributed by atoms with Crippen LogP contribution in [0.25, 0.3) is 11.0 Å². The van der Waals surface area contributed by atoms with Gasteiger partial charge in [-0.1, -0.05) is 12.1 Å². The molecule has 0 spiro atoms. The molecule has 4 aromatic rings. The van der Waals surface area contributed by atoms with E-state index in [1.807, 2.05) is 0 Å². The maximum atomic E-state index is 13.4. The first kappa shape index (κ1) is 22.4. The minimum absolute atomic E-state index is 0.0647. The lowest BCUT2D eigenvalue weighted by atomic mass is 10.1.